The van der Waals surface area contributed by atoms with Gasteiger partial charge in [0.1, 0.15) is 29.0 Å². The first-order valence-electron chi connectivity index (χ1n) is 9.22. The maximum Gasteiger partial charge on any atom is 0.266 e. The summed E-state index contributed by atoms with van der Waals surface area (Å²) in [5.74, 6) is -0.425. The van der Waals surface area contributed by atoms with E-state index >= 15 is 0 Å². The number of nitrogens with one attached hydrogen (secondary N) is 1. The fourth-order valence-corrected chi connectivity index (χ4v) is 3.26. The molecule has 31 heavy (non-hydrogen) atoms. The molecule has 3 aromatic rings. The van der Waals surface area contributed by atoms with Crippen molar-refractivity contribution in [1.29, 1.82) is 5.26 Å². The number of benzene rings is 3. The lowest BCUT2D eigenvalue weighted by molar-refractivity contribution is -0.112. The molecule has 0 heterocycles. The average molecular weight is 437 g/mol. The molecule has 0 radical (unpaired) electrons. The van der Waals surface area contributed by atoms with Crippen LogP contribution in [0.1, 0.15) is 16.7 Å². The Morgan fingerprint density at radius 3 is 2.61 bits per heavy atom. The van der Waals surface area contributed by atoms with E-state index in [0.29, 0.717) is 34.0 Å². The Morgan fingerprint density at radius 1 is 1.23 bits per heavy atom. The van der Waals surface area contributed by atoms with Crippen LogP contribution in [0, 0.1) is 17.1 Å². The van der Waals surface area contributed by atoms with Gasteiger partial charge in [0.2, 0.25) is 0 Å². The van der Waals surface area contributed by atoms with Crippen molar-refractivity contribution in [3.8, 4) is 17.6 Å². The highest BCUT2D eigenvalue weighted by Crippen LogP contribution is 2.32. The third-order valence-corrected chi connectivity index (χ3v) is 4.81. The number of halogens is 2. The molecule has 156 valence electrons. The van der Waals surface area contributed by atoms with Gasteiger partial charge in [-0.25, -0.2) is 4.39 Å². The second-order valence-electron chi connectivity index (χ2n) is 6.66. The minimum absolute atomic E-state index is 0.0640. The zero-order chi connectivity index (χ0) is 22.4. The number of ether oxygens (including phenoxy) is 1. The minimum atomic E-state index is -0.605. The molecule has 0 saturated carbocycles. The van der Waals surface area contributed by atoms with Crippen molar-refractivity contribution in [3.05, 3.63) is 93.8 Å². The first-order valence-corrected chi connectivity index (χ1v) is 9.60. The first kappa shape index (κ1) is 21.9. The van der Waals surface area contributed by atoms with Crippen LogP contribution in [0.15, 0.2) is 66.2 Å². The Bertz CT molecular complexity index is 1180. The van der Waals surface area contributed by atoms with Gasteiger partial charge in [0.05, 0.1) is 7.11 Å². The molecule has 0 atom stereocenters. The van der Waals surface area contributed by atoms with Gasteiger partial charge in [-0.05, 0) is 65.7 Å². The molecule has 0 aliphatic carbocycles. The van der Waals surface area contributed by atoms with Crippen molar-refractivity contribution in [1.82, 2.24) is 0 Å². The summed E-state index contributed by atoms with van der Waals surface area (Å²) in [6, 6.07) is 17.2. The zero-order valence-corrected chi connectivity index (χ0v) is 17.3. The maximum absolute atomic E-state index is 13.5. The summed E-state index contributed by atoms with van der Waals surface area (Å²) in [6.45, 7) is 0. The number of phenols is 1. The SMILES string of the molecule is COc1cc(/C=C(\C#N)C(=O)Nc2ccc(O)cc2)cc(Cl)c1Cc1cccc(F)c1. The van der Waals surface area contributed by atoms with Crippen molar-refractivity contribution < 1.29 is 19.0 Å². The fraction of sp³-hybridized carbons (Fsp3) is 0.0833. The van der Waals surface area contributed by atoms with E-state index in [0.717, 1.165) is 5.56 Å². The molecule has 0 fully saturated rings. The van der Waals surface area contributed by atoms with Gasteiger partial charge in [-0.3, -0.25) is 4.79 Å². The van der Waals surface area contributed by atoms with Gasteiger partial charge >= 0.3 is 0 Å². The Labute approximate surface area is 184 Å². The average Bonchev–Trinajstić information content (AvgIpc) is 2.75. The number of methoxy groups -OCH3 is 1. The van der Waals surface area contributed by atoms with E-state index in [9.17, 15) is 19.6 Å². The van der Waals surface area contributed by atoms with Gasteiger partial charge in [-0.15, -0.1) is 0 Å². The summed E-state index contributed by atoms with van der Waals surface area (Å²) in [5.41, 5.74) is 2.20. The number of carbonyl (C=O) groups is 1. The Balaban J connectivity index is 1.88. The summed E-state index contributed by atoms with van der Waals surface area (Å²) in [7, 11) is 1.48. The molecule has 0 unspecified atom stereocenters. The van der Waals surface area contributed by atoms with Gasteiger partial charge in [0.15, 0.2) is 0 Å². The van der Waals surface area contributed by atoms with Crippen LogP contribution in [-0.2, 0) is 11.2 Å². The largest absolute Gasteiger partial charge is 0.508 e. The maximum atomic E-state index is 13.5. The molecule has 0 saturated heterocycles. The second-order valence-corrected chi connectivity index (χ2v) is 7.07. The van der Waals surface area contributed by atoms with Gasteiger partial charge in [-0.1, -0.05) is 23.7 Å². The van der Waals surface area contributed by atoms with E-state index in [-0.39, 0.29) is 17.1 Å². The van der Waals surface area contributed by atoms with Crippen LogP contribution in [0.25, 0.3) is 6.08 Å². The van der Waals surface area contributed by atoms with Crippen LogP contribution >= 0.6 is 11.6 Å². The van der Waals surface area contributed by atoms with Crippen LogP contribution in [0.5, 0.6) is 11.5 Å². The number of hydrogen-bond donors (Lipinski definition) is 2. The molecular weight excluding hydrogens is 419 g/mol. The predicted octanol–water partition coefficient (Wildman–Crippen LogP) is 5.33. The van der Waals surface area contributed by atoms with Gasteiger partial charge < -0.3 is 15.2 Å². The molecule has 3 rings (SSSR count). The number of rotatable bonds is 6. The third-order valence-electron chi connectivity index (χ3n) is 4.47. The van der Waals surface area contributed by atoms with Crippen molar-refractivity contribution in [2.75, 3.05) is 12.4 Å². The smallest absolute Gasteiger partial charge is 0.266 e. The fourth-order valence-electron chi connectivity index (χ4n) is 2.98. The lowest BCUT2D eigenvalue weighted by Crippen LogP contribution is -2.13. The highest BCUT2D eigenvalue weighted by atomic mass is 35.5. The molecule has 1 amide bonds. The summed E-state index contributed by atoms with van der Waals surface area (Å²) in [4.78, 5) is 12.4. The lowest BCUT2D eigenvalue weighted by Gasteiger charge is -2.12. The Hall–Kier alpha value is -3.82. The normalized spacial score (nSPS) is 11.0. The van der Waals surface area contributed by atoms with Crippen LogP contribution in [0.4, 0.5) is 10.1 Å². The van der Waals surface area contributed by atoms with E-state index in [4.69, 9.17) is 16.3 Å². The third kappa shape index (κ3) is 5.62. The quantitative estimate of drug-likeness (QED) is 0.311. The summed E-state index contributed by atoms with van der Waals surface area (Å²) in [6.07, 6.45) is 1.76. The molecule has 2 N–H and O–H groups in total. The minimum Gasteiger partial charge on any atom is -0.508 e. The highest BCUT2D eigenvalue weighted by Gasteiger charge is 2.14. The van der Waals surface area contributed by atoms with Gasteiger partial charge in [0, 0.05) is 22.7 Å². The first-order chi connectivity index (χ1) is 14.9. The lowest BCUT2D eigenvalue weighted by atomic mass is 10.0. The molecule has 7 heteroatoms. The summed E-state index contributed by atoms with van der Waals surface area (Å²) < 4.78 is 18.9. The van der Waals surface area contributed by atoms with Crippen LogP contribution in [0.2, 0.25) is 5.02 Å². The van der Waals surface area contributed by atoms with Crippen molar-refractivity contribution in [2.24, 2.45) is 0 Å². The molecule has 0 aliphatic rings. The number of phenolic OH excluding ortho intramolecular Hbond substituents is 1. The predicted molar refractivity (Wildman–Crippen MR) is 118 cm³/mol. The second kappa shape index (κ2) is 9.79. The zero-order valence-electron chi connectivity index (χ0n) is 16.5. The molecule has 0 spiro atoms. The standard InChI is InChI=1S/C24H18ClFN2O3/c1-31-23-13-16(12-22(25)21(23)11-15-3-2-4-18(26)10-15)9-17(14-27)24(30)28-19-5-7-20(29)8-6-19/h2-10,12-13,29H,11H2,1H3,(H,28,30)/b17-9+. The van der Waals surface area contributed by atoms with Crippen LogP contribution in [0.3, 0.4) is 0 Å². The summed E-state index contributed by atoms with van der Waals surface area (Å²) in [5, 5.41) is 21.7. The molecule has 0 aliphatic heterocycles. The number of carbonyl (C=O) groups excluding carboxylic acids is 1. The topological polar surface area (TPSA) is 82.3 Å². The number of nitrogens with zero attached hydrogens (tertiary/aromatic N) is 1. The van der Waals surface area contributed by atoms with Crippen LogP contribution in [-0.4, -0.2) is 18.1 Å². The number of nitriles is 1. The van der Waals surface area contributed by atoms with Crippen molar-refractivity contribution in [2.45, 2.75) is 6.42 Å². The van der Waals surface area contributed by atoms with Gasteiger partial charge in [-0.2, -0.15) is 5.26 Å². The van der Waals surface area contributed by atoms with Crippen molar-refractivity contribution in [3.63, 3.8) is 0 Å². The van der Waals surface area contributed by atoms with Gasteiger partial charge in [0.25, 0.3) is 5.91 Å². The van der Waals surface area contributed by atoms with E-state index in [1.54, 1.807) is 24.3 Å². The number of aromatic hydroxyl groups is 1. The molecule has 5 nitrogen and oxygen atoms in total. The number of amides is 1. The Kier molecular flexibility index (Phi) is 6.91. The molecule has 0 bridgehead atoms. The highest BCUT2D eigenvalue weighted by molar-refractivity contribution is 6.31. The van der Waals surface area contributed by atoms with E-state index in [2.05, 4.69) is 5.32 Å². The molecular formula is C24H18ClFN2O3. The van der Waals surface area contributed by atoms with E-state index in [1.165, 1.54) is 49.6 Å². The summed E-state index contributed by atoms with van der Waals surface area (Å²) >= 11 is 6.44. The number of anilines is 1. The van der Waals surface area contributed by atoms with E-state index in [1.807, 2.05) is 6.07 Å². The Morgan fingerprint density at radius 2 is 1.97 bits per heavy atom. The number of hydrogen-bond acceptors (Lipinski definition) is 4. The van der Waals surface area contributed by atoms with Crippen LogP contribution < -0.4 is 10.1 Å². The monoisotopic (exact) mass is 436 g/mol. The van der Waals surface area contributed by atoms with Crippen molar-refractivity contribution >= 4 is 29.3 Å². The molecule has 3 aromatic carbocycles. The van der Waals surface area contributed by atoms with E-state index < -0.39 is 5.91 Å². The molecule has 0 aromatic heterocycles.